The summed E-state index contributed by atoms with van der Waals surface area (Å²) in [4.78, 5) is 0. The van der Waals surface area contributed by atoms with Crippen molar-refractivity contribution in [2.45, 2.75) is 57.7 Å². The summed E-state index contributed by atoms with van der Waals surface area (Å²) in [5.74, 6) is 0. The zero-order valence-corrected chi connectivity index (χ0v) is 10.1. The number of thiol groups is 1. The van der Waals surface area contributed by atoms with E-state index in [0.29, 0.717) is 0 Å². The average molecular weight is 220 g/mol. The van der Waals surface area contributed by atoms with Crippen LogP contribution >= 0.6 is 0 Å². The Morgan fingerprint density at radius 2 is 1.57 bits per heavy atom. The van der Waals surface area contributed by atoms with Crippen molar-refractivity contribution in [2.24, 2.45) is 0 Å². The van der Waals surface area contributed by atoms with Gasteiger partial charge in [-0.25, -0.2) is 13.1 Å². The van der Waals surface area contributed by atoms with E-state index in [1.165, 1.54) is 0 Å². The molecular formula is C9H20N2O2S. The van der Waals surface area contributed by atoms with Gasteiger partial charge in [-0.05, 0) is 40.5 Å². The van der Waals surface area contributed by atoms with Crippen LogP contribution in [0.5, 0.6) is 0 Å². The predicted molar refractivity (Wildman–Crippen MR) is 57.8 cm³/mol. The SMILES string of the molecule is CC1(C)CC(N[SH](=O)=O)CC(C)(C)N1. The Kier molecular flexibility index (Phi) is 3.23. The Labute approximate surface area is 87.5 Å². The summed E-state index contributed by atoms with van der Waals surface area (Å²) in [6.07, 6.45) is 1.67. The molecule has 1 aliphatic heterocycles. The quantitative estimate of drug-likeness (QED) is 0.591. The number of hydrogen-bond donors (Lipinski definition) is 3. The molecule has 0 radical (unpaired) electrons. The van der Waals surface area contributed by atoms with E-state index in [2.05, 4.69) is 37.7 Å². The molecular weight excluding hydrogens is 200 g/mol. The molecule has 0 saturated carbocycles. The summed E-state index contributed by atoms with van der Waals surface area (Å²) >= 11 is 0. The second-order valence-corrected chi connectivity index (χ2v) is 6.16. The number of nitrogens with one attached hydrogen (secondary N) is 2. The third-order valence-electron chi connectivity index (χ3n) is 2.48. The van der Waals surface area contributed by atoms with Crippen molar-refractivity contribution < 1.29 is 8.42 Å². The van der Waals surface area contributed by atoms with Gasteiger partial charge in [0.2, 0.25) is 10.9 Å². The second kappa shape index (κ2) is 3.79. The summed E-state index contributed by atoms with van der Waals surface area (Å²) < 4.78 is 23.8. The van der Waals surface area contributed by atoms with Crippen molar-refractivity contribution in [2.75, 3.05) is 0 Å². The minimum absolute atomic E-state index is 0.00917. The topological polar surface area (TPSA) is 58.2 Å². The Bertz CT molecular complexity index is 261. The van der Waals surface area contributed by atoms with E-state index >= 15 is 0 Å². The first-order valence-electron chi connectivity index (χ1n) is 4.90. The summed E-state index contributed by atoms with van der Waals surface area (Å²) in [5, 5.41) is 3.50. The second-order valence-electron chi connectivity index (χ2n) is 5.38. The van der Waals surface area contributed by atoms with Gasteiger partial charge in [0.05, 0.1) is 0 Å². The van der Waals surface area contributed by atoms with E-state index in [1.54, 1.807) is 0 Å². The third-order valence-corrected chi connectivity index (χ3v) is 3.05. The normalized spacial score (nSPS) is 26.6. The maximum Gasteiger partial charge on any atom is 0.201 e. The lowest BCUT2D eigenvalue weighted by molar-refractivity contribution is 0.157. The lowest BCUT2D eigenvalue weighted by Crippen LogP contribution is -2.61. The standard InChI is InChI=1S/C9H20N2O2S/c1-8(2)5-7(10-14(12)13)6-9(3,4)11-8/h7,11,14H,5-6H2,1-4H3,(H,10,12,13). The first-order valence-corrected chi connectivity index (χ1v) is 6.08. The largest absolute Gasteiger partial charge is 0.307 e. The molecule has 1 saturated heterocycles. The van der Waals surface area contributed by atoms with Crippen molar-refractivity contribution in [3.63, 3.8) is 0 Å². The minimum atomic E-state index is -2.48. The van der Waals surface area contributed by atoms with E-state index in [0.717, 1.165) is 12.8 Å². The van der Waals surface area contributed by atoms with E-state index in [4.69, 9.17) is 0 Å². The molecule has 0 aromatic heterocycles. The van der Waals surface area contributed by atoms with Crippen LogP contribution in [0, 0.1) is 0 Å². The Morgan fingerprint density at radius 1 is 1.14 bits per heavy atom. The van der Waals surface area contributed by atoms with Gasteiger partial charge in [0.25, 0.3) is 0 Å². The third kappa shape index (κ3) is 3.55. The van der Waals surface area contributed by atoms with E-state index < -0.39 is 10.9 Å². The lowest BCUT2D eigenvalue weighted by atomic mass is 9.80. The predicted octanol–water partition coefficient (Wildman–Crippen LogP) is 0.412. The average Bonchev–Trinajstić information content (AvgIpc) is 1.74. The van der Waals surface area contributed by atoms with Crippen LogP contribution in [0.2, 0.25) is 0 Å². The first-order chi connectivity index (χ1) is 6.20. The highest BCUT2D eigenvalue weighted by Crippen LogP contribution is 2.28. The van der Waals surface area contributed by atoms with Gasteiger partial charge in [-0.1, -0.05) is 0 Å². The maximum atomic E-state index is 10.6. The number of piperidine rings is 1. The van der Waals surface area contributed by atoms with Crippen molar-refractivity contribution in [3.8, 4) is 0 Å². The molecule has 0 unspecified atom stereocenters. The van der Waals surface area contributed by atoms with E-state index in [9.17, 15) is 8.42 Å². The highest BCUT2D eigenvalue weighted by Gasteiger charge is 2.37. The maximum absolute atomic E-state index is 10.6. The van der Waals surface area contributed by atoms with Crippen LogP contribution in [0.3, 0.4) is 0 Å². The highest BCUT2D eigenvalue weighted by molar-refractivity contribution is 7.70. The molecule has 0 aromatic carbocycles. The van der Waals surface area contributed by atoms with Gasteiger partial charge < -0.3 is 5.32 Å². The van der Waals surface area contributed by atoms with Crippen LogP contribution in [-0.2, 0) is 10.9 Å². The molecule has 5 heteroatoms. The van der Waals surface area contributed by atoms with Crippen molar-refractivity contribution in [1.82, 2.24) is 10.0 Å². The molecule has 0 aliphatic carbocycles. The molecule has 0 amide bonds. The zero-order valence-electron chi connectivity index (χ0n) is 9.26. The summed E-state index contributed by atoms with van der Waals surface area (Å²) in [6, 6.07) is 0.0577. The first kappa shape index (κ1) is 11.9. The number of rotatable bonds is 2. The Hall–Kier alpha value is -0.130. The fourth-order valence-corrected chi connectivity index (χ4v) is 3.04. The van der Waals surface area contributed by atoms with Gasteiger partial charge in [-0.2, -0.15) is 0 Å². The molecule has 1 heterocycles. The Morgan fingerprint density at radius 3 is 1.93 bits per heavy atom. The minimum Gasteiger partial charge on any atom is -0.307 e. The van der Waals surface area contributed by atoms with Crippen molar-refractivity contribution in [3.05, 3.63) is 0 Å². The van der Waals surface area contributed by atoms with Crippen LogP contribution in [0.4, 0.5) is 0 Å². The van der Waals surface area contributed by atoms with Crippen LogP contribution in [0.15, 0.2) is 0 Å². The fourth-order valence-electron chi connectivity index (χ4n) is 2.56. The smallest absolute Gasteiger partial charge is 0.201 e. The Balaban J connectivity index is 2.71. The van der Waals surface area contributed by atoms with Gasteiger partial charge in [-0.3, -0.25) is 0 Å². The van der Waals surface area contributed by atoms with E-state index in [1.807, 2.05) is 0 Å². The fraction of sp³-hybridized carbons (Fsp3) is 1.00. The van der Waals surface area contributed by atoms with Crippen molar-refractivity contribution in [1.29, 1.82) is 0 Å². The van der Waals surface area contributed by atoms with Crippen LogP contribution in [0.1, 0.15) is 40.5 Å². The molecule has 0 aromatic rings. The monoisotopic (exact) mass is 220 g/mol. The molecule has 1 aliphatic rings. The molecule has 2 N–H and O–H groups in total. The molecule has 0 spiro atoms. The summed E-state index contributed by atoms with van der Waals surface area (Å²) in [6.45, 7) is 8.39. The van der Waals surface area contributed by atoms with Crippen LogP contribution in [0.25, 0.3) is 0 Å². The summed E-state index contributed by atoms with van der Waals surface area (Å²) in [7, 11) is -2.48. The highest BCUT2D eigenvalue weighted by atomic mass is 32.2. The van der Waals surface area contributed by atoms with Crippen molar-refractivity contribution >= 4 is 10.9 Å². The molecule has 0 atom stereocenters. The molecule has 14 heavy (non-hydrogen) atoms. The molecule has 84 valence electrons. The van der Waals surface area contributed by atoms with Gasteiger partial charge >= 0.3 is 0 Å². The van der Waals surface area contributed by atoms with Crippen LogP contribution in [-0.4, -0.2) is 25.5 Å². The van der Waals surface area contributed by atoms with Gasteiger partial charge in [-0.15, -0.1) is 0 Å². The van der Waals surface area contributed by atoms with Gasteiger partial charge in [0.15, 0.2) is 0 Å². The zero-order chi connectivity index (χ0) is 11.0. The van der Waals surface area contributed by atoms with Gasteiger partial charge in [0, 0.05) is 17.1 Å². The molecule has 0 bridgehead atoms. The van der Waals surface area contributed by atoms with E-state index in [-0.39, 0.29) is 17.1 Å². The lowest BCUT2D eigenvalue weighted by Gasteiger charge is -2.46. The summed E-state index contributed by atoms with van der Waals surface area (Å²) in [5.41, 5.74) is -0.0183. The van der Waals surface area contributed by atoms with Gasteiger partial charge in [0.1, 0.15) is 0 Å². The molecule has 1 fully saturated rings. The number of hydrogen-bond acceptors (Lipinski definition) is 3. The molecule has 4 nitrogen and oxygen atoms in total. The molecule has 1 rings (SSSR count). The van der Waals surface area contributed by atoms with Crippen LogP contribution < -0.4 is 10.0 Å².